The summed E-state index contributed by atoms with van der Waals surface area (Å²) in [7, 11) is 0. The summed E-state index contributed by atoms with van der Waals surface area (Å²) in [6.45, 7) is -0.0102. The number of pyridine rings is 2. The summed E-state index contributed by atoms with van der Waals surface area (Å²) in [5.41, 5.74) is -0.201. The fourth-order valence-electron chi connectivity index (χ4n) is 1.77. The average Bonchev–Trinajstić information content (AvgIpc) is 2.54. The average molecular weight is 303 g/mol. The number of hydrogen-bond acceptors (Lipinski definition) is 5. The van der Waals surface area contributed by atoms with Gasteiger partial charge in [0.25, 0.3) is 11.5 Å². The molecule has 2 aromatic rings. The Morgan fingerprint density at radius 1 is 1.36 bits per heavy atom. The van der Waals surface area contributed by atoms with Gasteiger partial charge in [-0.3, -0.25) is 14.6 Å². The molecule has 0 fully saturated rings. The quantitative estimate of drug-likeness (QED) is 0.739. The SMILES string of the molecule is O=C(COc1cccnc1)NCC(O)Cn1ccccc1=O. The zero-order valence-corrected chi connectivity index (χ0v) is 11.9. The van der Waals surface area contributed by atoms with E-state index >= 15 is 0 Å². The molecule has 0 aliphatic heterocycles. The Bertz CT molecular complexity index is 657. The van der Waals surface area contributed by atoms with Crippen molar-refractivity contribution >= 4 is 5.91 Å². The maximum atomic E-state index is 11.6. The first kappa shape index (κ1) is 15.7. The minimum atomic E-state index is -0.859. The van der Waals surface area contributed by atoms with Crippen LogP contribution in [0.5, 0.6) is 5.75 Å². The number of amides is 1. The Morgan fingerprint density at radius 3 is 2.95 bits per heavy atom. The third kappa shape index (κ3) is 5.02. The first-order valence-corrected chi connectivity index (χ1v) is 6.78. The standard InChI is InChI=1S/C15H17N3O4/c19-12(10-18-7-2-1-5-15(18)21)8-17-14(20)11-22-13-4-3-6-16-9-13/h1-7,9,12,19H,8,10-11H2,(H,17,20). The van der Waals surface area contributed by atoms with E-state index < -0.39 is 6.10 Å². The second-order valence-electron chi connectivity index (χ2n) is 4.63. The second-order valence-corrected chi connectivity index (χ2v) is 4.63. The van der Waals surface area contributed by atoms with Crippen molar-refractivity contribution in [3.63, 3.8) is 0 Å². The van der Waals surface area contributed by atoms with Gasteiger partial charge in [0.1, 0.15) is 5.75 Å². The molecule has 2 aromatic heterocycles. The summed E-state index contributed by atoms with van der Waals surface area (Å²) in [6, 6.07) is 8.13. The number of aliphatic hydroxyl groups is 1. The number of nitrogens with zero attached hydrogens (tertiary/aromatic N) is 2. The van der Waals surface area contributed by atoms with Crippen molar-refractivity contribution < 1.29 is 14.6 Å². The molecule has 0 bridgehead atoms. The second kappa shape index (κ2) is 7.94. The number of carbonyl (C=O) groups is 1. The van der Waals surface area contributed by atoms with Gasteiger partial charge >= 0.3 is 0 Å². The highest BCUT2D eigenvalue weighted by molar-refractivity contribution is 5.77. The van der Waals surface area contributed by atoms with E-state index in [1.807, 2.05) is 0 Å². The van der Waals surface area contributed by atoms with Crippen LogP contribution in [0.1, 0.15) is 0 Å². The van der Waals surface area contributed by atoms with E-state index in [-0.39, 0.29) is 31.2 Å². The van der Waals surface area contributed by atoms with E-state index in [9.17, 15) is 14.7 Å². The van der Waals surface area contributed by atoms with Crippen LogP contribution in [0.2, 0.25) is 0 Å². The van der Waals surface area contributed by atoms with E-state index in [1.165, 1.54) is 16.8 Å². The van der Waals surface area contributed by atoms with E-state index in [4.69, 9.17) is 4.74 Å². The van der Waals surface area contributed by atoms with Crippen molar-refractivity contribution in [2.45, 2.75) is 12.6 Å². The van der Waals surface area contributed by atoms with Crippen LogP contribution < -0.4 is 15.6 Å². The highest BCUT2D eigenvalue weighted by Crippen LogP contribution is 2.05. The van der Waals surface area contributed by atoms with E-state index in [2.05, 4.69) is 10.3 Å². The van der Waals surface area contributed by atoms with Gasteiger partial charge in [-0.15, -0.1) is 0 Å². The molecule has 0 aliphatic carbocycles. The Balaban J connectivity index is 1.72. The molecule has 1 atom stereocenters. The van der Waals surface area contributed by atoms with Gasteiger partial charge in [0.2, 0.25) is 0 Å². The van der Waals surface area contributed by atoms with Crippen LogP contribution in [-0.2, 0) is 11.3 Å². The summed E-state index contributed by atoms with van der Waals surface area (Å²) in [5, 5.41) is 12.4. The van der Waals surface area contributed by atoms with Crippen LogP contribution in [0.25, 0.3) is 0 Å². The van der Waals surface area contributed by atoms with Crippen LogP contribution in [0.3, 0.4) is 0 Å². The molecule has 2 rings (SSSR count). The number of nitrogens with one attached hydrogen (secondary N) is 1. The molecule has 0 radical (unpaired) electrons. The minimum Gasteiger partial charge on any atom is -0.482 e. The first-order chi connectivity index (χ1) is 10.6. The van der Waals surface area contributed by atoms with Gasteiger partial charge in [-0.05, 0) is 18.2 Å². The van der Waals surface area contributed by atoms with Crippen molar-refractivity contribution in [3.05, 3.63) is 59.3 Å². The van der Waals surface area contributed by atoms with Crippen LogP contribution in [0.15, 0.2) is 53.7 Å². The van der Waals surface area contributed by atoms with Crippen molar-refractivity contribution in [2.75, 3.05) is 13.2 Å². The molecule has 0 saturated carbocycles. The summed E-state index contributed by atoms with van der Waals surface area (Å²) < 4.78 is 6.60. The third-order valence-corrected chi connectivity index (χ3v) is 2.85. The molecular formula is C15H17N3O4. The van der Waals surface area contributed by atoms with Crippen LogP contribution in [0, 0.1) is 0 Å². The number of carbonyl (C=O) groups excluding carboxylic acids is 1. The lowest BCUT2D eigenvalue weighted by atomic mass is 10.3. The topological polar surface area (TPSA) is 93.4 Å². The maximum absolute atomic E-state index is 11.6. The fraction of sp³-hybridized carbons (Fsp3) is 0.267. The molecule has 2 N–H and O–H groups in total. The Labute approximate surface area is 127 Å². The predicted molar refractivity (Wildman–Crippen MR) is 79.5 cm³/mol. The molecule has 7 nitrogen and oxygen atoms in total. The Morgan fingerprint density at radius 2 is 2.23 bits per heavy atom. The van der Waals surface area contributed by atoms with E-state index in [0.29, 0.717) is 5.75 Å². The van der Waals surface area contributed by atoms with E-state index in [1.54, 1.807) is 36.7 Å². The zero-order valence-electron chi connectivity index (χ0n) is 11.9. The Kier molecular flexibility index (Phi) is 5.67. The minimum absolute atomic E-state index is 0.0383. The van der Waals surface area contributed by atoms with Crippen molar-refractivity contribution in [3.8, 4) is 5.75 Å². The maximum Gasteiger partial charge on any atom is 0.258 e. The fourth-order valence-corrected chi connectivity index (χ4v) is 1.77. The largest absolute Gasteiger partial charge is 0.482 e. The lowest BCUT2D eigenvalue weighted by Gasteiger charge is -2.13. The molecule has 0 saturated heterocycles. The lowest BCUT2D eigenvalue weighted by molar-refractivity contribution is -0.123. The third-order valence-electron chi connectivity index (χ3n) is 2.85. The van der Waals surface area contributed by atoms with Gasteiger partial charge in [0.05, 0.1) is 18.8 Å². The predicted octanol–water partition coefficient (Wildman–Crippen LogP) is -0.201. The zero-order chi connectivity index (χ0) is 15.8. The van der Waals surface area contributed by atoms with E-state index in [0.717, 1.165) is 0 Å². The molecule has 1 unspecified atom stereocenters. The smallest absolute Gasteiger partial charge is 0.258 e. The van der Waals surface area contributed by atoms with Crippen LogP contribution in [-0.4, -0.2) is 39.8 Å². The van der Waals surface area contributed by atoms with Crippen molar-refractivity contribution in [1.29, 1.82) is 0 Å². The molecule has 22 heavy (non-hydrogen) atoms. The summed E-state index contributed by atoms with van der Waals surface area (Å²) in [4.78, 5) is 27.0. The summed E-state index contributed by atoms with van der Waals surface area (Å²) in [5.74, 6) is 0.136. The van der Waals surface area contributed by atoms with Gasteiger partial charge in [0, 0.05) is 25.0 Å². The monoisotopic (exact) mass is 303 g/mol. The molecule has 1 amide bonds. The molecule has 0 spiro atoms. The number of rotatable bonds is 7. The Hall–Kier alpha value is -2.67. The molecule has 7 heteroatoms. The highest BCUT2D eigenvalue weighted by atomic mass is 16.5. The lowest BCUT2D eigenvalue weighted by Crippen LogP contribution is -2.38. The number of aromatic nitrogens is 2. The molecular weight excluding hydrogens is 286 g/mol. The number of ether oxygens (including phenoxy) is 1. The van der Waals surface area contributed by atoms with Gasteiger partial charge in [-0.2, -0.15) is 0 Å². The van der Waals surface area contributed by atoms with Gasteiger partial charge in [-0.25, -0.2) is 0 Å². The van der Waals surface area contributed by atoms with Gasteiger partial charge in [-0.1, -0.05) is 6.07 Å². The molecule has 2 heterocycles. The normalized spacial score (nSPS) is 11.7. The van der Waals surface area contributed by atoms with Crippen LogP contribution in [0.4, 0.5) is 0 Å². The van der Waals surface area contributed by atoms with Gasteiger partial charge < -0.3 is 19.7 Å². The number of hydrogen-bond donors (Lipinski definition) is 2. The van der Waals surface area contributed by atoms with Crippen molar-refractivity contribution in [1.82, 2.24) is 14.9 Å². The van der Waals surface area contributed by atoms with Crippen LogP contribution >= 0.6 is 0 Å². The summed E-state index contributed by atoms with van der Waals surface area (Å²) in [6.07, 6.45) is 3.83. The van der Waals surface area contributed by atoms with Crippen molar-refractivity contribution in [2.24, 2.45) is 0 Å². The first-order valence-electron chi connectivity index (χ1n) is 6.78. The number of aliphatic hydroxyl groups excluding tert-OH is 1. The molecule has 0 aromatic carbocycles. The summed E-state index contributed by atoms with van der Waals surface area (Å²) >= 11 is 0. The highest BCUT2D eigenvalue weighted by Gasteiger charge is 2.09. The molecule has 0 aliphatic rings. The molecule has 116 valence electrons. The van der Waals surface area contributed by atoms with Gasteiger partial charge in [0.15, 0.2) is 6.61 Å².